The molecule has 3 rings (SSSR count). The highest BCUT2D eigenvalue weighted by Crippen LogP contribution is 2.32. The van der Waals surface area contributed by atoms with Crippen LogP contribution in [0.4, 0.5) is 0 Å². The fraction of sp³-hybridized carbons (Fsp3) is 0.333. The molecule has 31 heavy (non-hydrogen) atoms. The van der Waals surface area contributed by atoms with E-state index in [9.17, 15) is 9.59 Å². The summed E-state index contributed by atoms with van der Waals surface area (Å²) in [5.74, 6) is -0.587. The van der Waals surface area contributed by atoms with Crippen molar-refractivity contribution < 1.29 is 19.1 Å². The van der Waals surface area contributed by atoms with Crippen molar-refractivity contribution in [2.24, 2.45) is 0 Å². The lowest BCUT2D eigenvalue weighted by Crippen LogP contribution is -2.38. The summed E-state index contributed by atoms with van der Waals surface area (Å²) >= 11 is 6.04. The predicted octanol–water partition coefficient (Wildman–Crippen LogP) is 3.26. The van der Waals surface area contributed by atoms with Gasteiger partial charge in [-0.1, -0.05) is 54.1 Å². The van der Waals surface area contributed by atoms with Crippen molar-refractivity contribution in [1.29, 1.82) is 0 Å². The minimum absolute atomic E-state index is 0.293. The van der Waals surface area contributed by atoms with Crippen LogP contribution in [-0.4, -0.2) is 68.7 Å². The van der Waals surface area contributed by atoms with Crippen LogP contribution in [0.3, 0.4) is 0 Å². The van der Waals surface area contributed by atoms with Gasteiger partial charge in [-0.05, 0) is 29.7 Å². The van der Waals surface area contributed by atoms with Crippen molar-refractivity contribution in [1.82, 2.24) is 9.80 Å². The first-order valence-electron chi connectivity index (χ1n) is 10.2. The van der Waals surface area contributed by atoms with E-state index in [1.807, 2.05) is 35.2 Å². The molecule has 0 bridgehead atoms. The normalized spacial score (nSPS) is 14.0. The average Bonchev–Trinajstić information content (AvgIpc) is 3.03. The van der Waals surface area contributed by atoms with Crippen molar-refractivity contribution in [3.8, 4) is 0 Å². The number of imide groups is 1. The van der Waals surface area contributed by atoms with Crippen molar-refractivity contribution >= 4 is 29.0 Å². The molecular weight excluding hydrogens is 416 g/mol. The fourth-order valence-corrected chi connectivity index (χ4v) is 3.69. The van der Waals surface area contributed by atoms with Gasteiger partial charge in [-0.15, -0.1) is 0 Å². The number of benzene rings is 2. The van der Waals surface area contributed by atoms with Gasteiger partial charge in [0.25, 0.3) is 11.8 Å². The molecular formula is C24H27ClN2O4. The molecule has 0 aliphatic carbocycles. The van der Waals surface area contributed by atoms with Crippen LogP contribution in [0.1, 0.15) is 11.1 Å². The number of hydrogen-bond acceptors (Lipinski definition) is 5. The van der Waals surface area contributed by atoms with Gasteiger partial charge in [-0.2, -0.15) is 0 Å². The first-order valence-corrected chi connectivity index (χ1v) is 10.6. The van der Waals surface area contributed by atoms with E-state index < -0.39 is 0 Å². The number of methoxy groups -OCH3 is 2. The number of halogens is 1. The second-order valence-electron chi connectivity index (χ2n) is 7.20. The molecule has 0 saturated heterocycles. The van der Waals surface area contributed by atoms with E-state index in [0.717, 1.165) is 5.56 Å². The first-order chi connectivity index (χ1) is 15.1. The summed E-state index contributed by atoms with van der Waals surface area (Å²) in [5.41, 5.74) is 2.51. The summed E-state index contributed by atoms with van der Waals surface area (Å²) in [6, 6.07) is 16.8. The smallest absolute Gasteiger partial charge is 0.277 e. The number of carbonyl (C=O) groups is 2. The average molecular weight is 443 g/mol. The number of carbonyl (C=O) groups excluding carboxylic acids is 2. The van der Waals surface area contributed by atoms with Gasteiger partial charge in [-0.3, -0.25) is 14.5 Å². The number of hydrogen-bond donors (Lipinski definition) is 0. The second-order valence-corrected chi connectivity index (χ2v) is 7.64. The lowest BCUT2D eigenvalue weighted by molar-refractivity contribution is -0.137. The molecule has 0 unspecified atom stereocenters. The van der Waals surface area contributed by atoms with Crippen LogP contribution in [0.15, 0.2) is 60.3 Å². The summed E-state index contributed by atoms with van der Waals surface area (Å²) < 4.78 is 10.5. The van der Waals surface area contributed by atoms with Crippen molar-refractivity contribution in [2.75, 3.05) is 47.1 Å². The summed E-state index contributed by atoms with van der Waals surface area (Å²) in [6.45, 7) is 2.10. The molecule has 0 N–H and O–H groups in total. The molecule has 2 aromatic carbocycles. The van der Waals surface area contributed by atoms with E-state index in [1.165, 1.54) is 4.90 Å². The third-order valence-corrected chi connectivity index (χ3v) is 5.44. The molecule has 2 amide bonds. The monoisotopic (exact) mass is 442 g/mol. The summed E-state index contributed by atoms with van der Waals surface area (Å²) in [7, 11) is 3.22. The summed E-state index contributed by atoms with van der Waals surface area (Å²) in [4.78, 5) is 30.1. The Morgan fingerprint density at radius 2 is 1.48 bits per heavy atom. The third-order valence-electron chi connectivity index (χ3n) is 5.19. The molecule has 1 aliphatic heterocycles. The zero-order chi connectivity index (χ0) is 22.2. The first kappa shape index (κ1) is 23.0. The van der Waals surface area contributed by atoms with Crippen LogP contribution in [0, 0.1) is 0 Å². The van der Waals surface area contributed by atoms with E-state index in [2.05, 4.69) is 0 Å². The van der Waals surface area contributed by atoms with E-state index in [-0.39, 0.29) is 11.8 Å². The van der Waals surface area contributed by atoms with E-state index >= 15 is 0 Å². The maximum atomic E-state index is 13.5. The van der Waals surface area contributed by atoms with Crippen LogP contribution < -0.4 is 0 Å². The fourth-order valence-electron chi connectivity index (χ4n) is 3.56. The van der Waals surface area contributed by atoms with Crippen LogP contribution >= 0.6 is 11.6 Å². The zero-order valence-corrected chi connectivity index (χ0v) is 18.6. The van der Waals surface area contributed by atoms with Crippen molar-refractivity contribution in [3.05, 3.63) is 76.4 Å². The SMILES string of the molecule is COCCN(CCOC)C1=C(c2ccc(Cl)cc2)C(=O)N(CCc2ccccc2)C1=O. The molecule has 0 saturated carbocycles. The molecule has 0 fully saturated rings. The molecule has 1 aliphatic rings. The highest BCUT2D eigenvalue weighted by Gasteiger charge is 2.41. The molecule has 0 spiro atoms. The van der Waals surface area contributed by atoms with Crippen LogP contribution in [-0.2, 0) is 25.5 Å². The Morgan fingerprint density at radius 1 is 0.871 bits per heavy atom. The van der Waals surface area contributed by atoms with E-state index in [0.29, 0.717) is 61.1 Å². The lowest BCUT2D eigenvalue weighted by Gasteiger charge is -2.25. The summed E-state index contributed by atoms with van der Waals surface area (Å²) in [5, 5.41) is 0.569. The van der Waals surface area contributed by atoms with Gasteiger partial charge in [-0.25, -0.2) is 0 Å². The van der Waals surface area contributed by atoms with E-state index in [1.54, 1.807) is 38.5 Å². The van der Waals surface area contributed by atoms with Crippen LogP contribution in [0.5, 0.6) is 0 Å². The van der Waals surface area contributed by atoms with Crippen LogP contribution in [0.2, 0.25) is 5.02 Å². The maximum Gasteiger partial charge on any atom is 0.277 e. The lowest BCUT2D eigenvalue weighted by atomic mass is 10.0. The van der Waals surface area contributed by atoms with Gasteiger partial charge in [0.15, 0.2) is 0 Å². The molecule has 0 radical (unpaired) electrons. The molecule has 2 aromatic rings. The summed E-state index contributed by atoms with van der Waals surface area (Å²) in [6.07, 6.45) is 0.593. The maximum absolute atomic E-state index is 13.5. The molecule has 7 heteroatoms. The Labute approximate surface area is 188 Å². The molecule has 0 atom stereocenters. The Bertz CT molecular complexity index is 920. The zero-order valence-electron chi connectivity index (χ0n) is 17.8. The van der Waals surface area contributed by atoms with Gasteiger partial charge < -0.3 is 14.4 Å². The Balaban J connectivity index is 1.95. The Morgan fingerprint density at radius 3 is 2.06 bits per heavy atom. The minimum atomic E-state index is -0.293. The van der Waals surface area contributed by atoms with E-state index in [4.69, 9.17) is 21.1 Å². The third kappa shape index (κ3) is 5.53. The Kier molecular flexibility index (Phi) is 8.23. The van der Waals surface area contributed by atoms with Gasteiger partial charge in [0.1, 0.15) is 5.70 Å². The number of ether oxygens (including phenoxy) is 2. The van der Waals surface area contributed by atoms with Gasteiger partial charge in [0, 0.05) is 38.9 Å². The molecule has 1 heterocycles. The van der Waals surface area contributed by atoms with Crippen molar-refractivity contribution in [3.63, 3.8) is 0 Å². The minimum Gasteiger partial charge on any atom is -0.383 e. The Hall–Kier alpha value is -2.67. The second kappa shape index (κ2) is 11.1. The number of nitrogens with zero attached hydrogens (tertiary/aromatic N) is 2. The highest BCUT2D eigenvalue weighted by atomic mass is 35.5. The number of amides is 2. The van der Waals surface area contributed by atoms with Gasteiger partial charge >= 0.3 is 0 Å². The molecule has 0 aromatic heterocycles. The quantitative estimate of drug-likeness (QED) is 0.500. The van der Waals surface area contributed by atoms with Gasteiger partial charge in [0.2, 0.25) is 0 Å². The highest BCUT2D eigenvalue weighted by molar-refractivity contribution is 6.36. The predicted molar refractivity (Wildman–Crippen MR) is 121 cm³/mol. The number of rotatable bonds is 11. The molecule has 164 valence electrons. The standard InChI is InChI=1S/C24H27ClN2O4/c1-30-16-14-26(15-17-31-2)22-21(19-8-10-20(25)11-9-19)23(28)27(24(22)29)13-12-18-6-4-3-5-7-18/h3-11H,12-17H2,1-2H3. The van der Waals surface area contributed by atoms with Crippen LogP contribution in [0.25, 0.3) is 5.57 Å². The topological polar surface area (TPSA) is 59.1 Å². The molecule has 6 nitrogen and oxygen atoms in total. The van der Waals surface area contributed by atoms with Crippen molar-refractivity contribution in [2.45, 2.75) is 6.42 Å². The van der Waals surface area contributed by atoms with Gasteiger partial charge in [0.05, 0.1) is 18.8 Å². The largest absolute Gasteiger partial charge is 0.383 e.